The molecule has 1 atom stereocenters. The molecule has 31 heavy (non-hydrogen) atoms. The highest BCUT2D eigenvalue weighted by Crippen LogP contribution is 2.28. The maximum atomic E-state index is 13.0. The summed E-state index contributed by atoms with van der Waals surface area (Å²) in [6, 6.07) is 8.54. The van der Waals surface area contributed by atoms with Crippen molar-refractivity contribution in [2.75, 3.05) is 27.9 Å². The van der Waals surface area contributed by atoms with E-state index in [4.69, 9.17) is 9.47 Å². The number of hydrogen-bond acceptors (Lipinski definition) is 7. The third-order valence-corrected chi connectivity index (χ3v) is 4.74. The van der Waals surface area contributed by atoms with Crippen molar-refractivity contribution in [1.82, 2.24) is 15.2 Å². The number of aromatic nitrogens is 1. The van der Waals surface area contributed by atoms with E-state index < -0.39 is 17.6 Å². The van der Waals surface area contributed by atoms with E-state index in [1.54, 1.807) is 36.5 Å². The van der Waals surface area contributed by atoms with Gasteiger partial charge in [0.05, 0.1) is 27.9 Å². The van der Waals surface area contributed by atoms with Crippen molar-refractivity contribution >= 4 is 18.0 Å². The predicted molar refractivity (Wildman–Crippen MR) is 109 cm³/mol. The van der Waals surface area contributed by atoms with Gasteiger partial charge in [-0.15, -0.1) is 0 Å². The Morgan fingerprint density at radius 1 is 1.23 bits per heavy atom. The molecule has 1 aromatic heterocycles. The van der Waals surface area contributed by atoms with Gasteiger partial charge in [-0.05, 0) is 29.8 Å². The lowest BCUT2D eigenvalue weighted by Crippen LogP contribution is -2.60. The first-order valence-electron chi connectivity index (χ1n) is 9.26. The van der Waals surface area contributed by atoms with Gasteiger partial charge in [0, 0.05) is 30.1 Å². The van der Waals surface area contributed by atoms with Crippen LogP contribution in [0.5, 0.6) is 5.75 Å². The largest absolute Gasteiger partial charge is 0.497 e. The number of benzene rings is 1. The summed E-state index contributed by atoms with van der Waals surface area (Å²) < 4.78 is 14.8. The Labute approximate surface area is 179 Å². The molecule has 2 heterocycles. The van der Waals surface area contributed by atoms with Gasteiger partial charge in [0.25, 0.3) is 5.91 Å². The summed E-state index contributed by atoms with van der Waals surface area (Å²) in [5.74, 6) is 4.96. The minimum atomic E-state index is -1.86. The molecule has 9 heteroatoms. The second-order valence-electron chi connectivity index (χ2n) is 6.69. The fourth-order valence-corrected chi connectivity index (χ4v) is 3.17. The molecular weight excluding hydrogens is 402 g/mol. The minimum Gasteiger partial charge on any atom is -0.497 e. The topological polar surface area (TPSA) is 107 Å². The number of nitrogens with one attached hydrogen (secondary N) is 1. The van der Waals surface area contributed by atoms with Crippen LogP contribution in [0, 0.1) is 11.8 Å². The summed E-state index contributed by atoms with van der Waals surface area (Å²) in [6.07, 6.45) is 2.20. The minimum absolute atomic E-state index is 0.230. The van der Waals surface area contributed by atoms with Crippen molar-refractivity contribution in [3.8, 4) is 17.6 Å². The number of carbonyl (C=O) groups is 3. The first kappa shape index (κ1) is 21.6. The molecule has 0 aliphatic carbocycles. The lowest BCUT2D eigenvalue weighted by Gasteiger charge is -2.30. The van der Waals surface area contributed by atoms with Crippen molar-refractivity contribution in [2.45, 2.75) is 12.1 Å². The van der Waals surface area contributed by atoms with Gasteiger partial charge < -0.3 is 19.1 Å². The fraction of sp³-hybridized carbons (Fsp3) is 0.273. The molecule has 1 aliphatic heterocycles. The Morgan fingerprint density at radius 2 is 2.03 bits per heavy atom. The van der Waals surface area contributed by atoms with E-state index in [-0.39, 0.29) is 19.0 Å². The monoisotopic (exact) mass is 423 g/mol. The lowest BCUT2D eigenvalue weighted by molar-refractivity contribution is -0.146. The number of hydrogen-bond donors (Lipinski definition) is 1. The van der Waals surface area contributed by atoms with Gasteiger partial charge in [-0.3, -0.25) is 15.1 Å². The standard InChI is InChI=1S/C22H21N3O6/c1-29-17-7-6-16-13-25(19(26)18(16)11-17)14-22(20(27)30-2,24-21(28)31-3)9-8-15-5-4-10-23-12-15/h4-7,10-12H,13-14H2,1-3H3,(H,24,28). The number of pyridine rings is 1. The molecule has 0 radical (unpaired) electrons. The zero-order valence-corrected chi connectivity index (χ0v) is 17.3. The van der Waals surface area contributed by atoms with E-state index in [2.05, 4.69) is 26.9 Å². The van der Waals surface area contributed by atoms with Gasteiger partial charge in [0.2, 0.25) is 5.54 Å². The molecule has 160 valence electrons. The number of esters is 1. The van der Waals surface area contributed by atoms with Crippen LogP contribution in [0.25, 0.3) is 0 Å². The quantitative estimate of drug-likeness (QED) is 0.572. The lowest BCUT2D eigenvalue weighted by atomic mass is 9.99. The highest BCUT2D eigenvalue weighted by Gasteiger charge is 2.45. The third-order valence-electron chi connectivity index (χ3n) is 4.74. The van der Waals surface area contributed by atoms with Gasteiger partial charge in [-0.25, -0.2) is 9.59 Å². The summed E-state index contributed by atoms with van der Waals surface area (Å²) in [5.41, 5.74) is -0.123. The molecule has 1 aromatic carbocycles. The molecule has 0 saturated carbocycles. The highest BCUT2D eigenvalue weighted by atomic mass is 16.5. The fourth-order valence-electron chi connectivity index (χ4n) is 3.17. The van der Waals surface area contributed by atoms with Crippen molar-refractivity contribution in [2.24, 2.45) is 0 Å². The summed E-state index contributed by atoms with van der Waals surface area (Å²) in [4.78, 5) is 43.3. The summed E-state index contributed by atoms with van der Waals surface area (Å²) in [5, 5.41) is 2.45. The molecular formula is C22H21N3O6. The molecule has 1 aliphatic rings. The Bertz CT molecular complexity index is 1060. The van der Waals surface area contributed by atoms with E-state index in [0.29, 0.717) is 16.9 Å². The van der Waals surface area contributed by atoms with Gasteiger partial charge in [0.1, 0.15) is 5.75 Å². The average molecular weight is 423 g/mol. The molecule has 0 fully saturated rings. The predicted octanol–water partition coefficient (Wildman–Crippen LogP) is 1.37. The maximum absolute atomic E-state index is 13.0. The zero-order chi connectivity index (χ0) is 22.4. The van der Waals surface area contributed by atoms with Crippen LogP contribution in [0.2, 0.25) is 0 Å². The summed E-state index contributed by atoms with van der Waals surface area (Å²) >= 11 is 0. The smallest absolute Gasteiger partial charge is 0.408 e. The second-order valence-corrected chi connectivity index (χ2v) is 6.69. The van der Waals surface area contributed by atoms with E-state index in [0.717, 1.165) is 12.7 Å². The molecule has 0 saturated heterocycles. The molecule has 1 unspecified atom stereocenters. The van der Waals surface area contributed by atoms with Crippen LogP contribution in [0.3, 0.4) is 0 Å². The average Bonchev–Trinajstić information content (AvgIpc) is 3.11. The number of ether oxygens (including phenoxy) is 3. The Morgan fingerprint density at radius 3 is 2.68 bits per heavy atom. The number of rotatable bonds is 5. The normalized spacial score (nSPS) is 13.9. The number of methoxy groups -OCH3 is 3. The van der Waals surface area contributed by atoms with Crippen LogP contribution in [0.1, 0.15) is 21.5 Å². The van der Waals surface area contributed by atoms with Crippen molar-refractivity contribution in [1.29, 1.82) is 0 Å². The van der Waals surface area contributed by atoms with Crippen LogP contribution in [0.15, 0.2) is 42.7 Å². The van der Waals surface area contributed by atoms with Gasteiger partial charge in [-0.1, -0.05) is 17.9 Å². The first-order chi connectivity index (χ1) is 14.9. The van der Waals surface area contributed by atoms with Crippen molar-refractivity contribution in [3.05, 3.63) is 59.4 Å². The SMILES string of the molecule is COC(=O)NC(C#Cc1cccnc1)(CN1Cc2ccc(OC)cc2C1=O)C(=O)OC. The molecule has 1 N–H and O–H groups in total. The van der Waals surface area contributed by atoms with E-state index in [9.17, 15) is 14.4 Å². The molecule has 0 spiro atoms. The van der Waals surface area contributed by atoms with Gasteiger partial charge in [0.15, 0.2) is 0 Å². The van der Waals surface area contributed by atoms with E-state index in [1.807, 2.05) is 0 Å². The molecule has 0 bridgehead atoms. The molecule has 9 nitrogen and oxygen atoms in total. The second kappa shape index (κ2) is 9.17. The number of carbonyl (C=O) groups excluding carboxylic acids is 3. The summed E-state index contributed by atoms with van der Waals surface area (Å²) in [6.45, 7) is -0.0216. The summed E-state index contributed by atoms with van der Waals surface area (Å²) in [7, 11) is 3.85. The number of amides is 2. The van der Waals surface area contributed by atoms with Crippen LogP contribution in [-0.4, -0.2) is 61.3 Å². The van der Waals surface area contributed by atoms with Crippen LogP contribution in [0.4, 0.5) is 4.79 Å². The first-order valence-corrected chi connectivity index (χ1v) is 9.26. The molecule has 2 aromatic rings. The molecule has 2 amide bonds. The highest BCUT2D eigenvalue weighted by molar-refractivity contribution is 6.00. The van der Waals surface area contributed by atoms with E-state index >= 15 is 0 Å². The van der Waals surface area contributed by atoms with Crippen molar-refractivity contribution in [3.63, 3.8) is 0 Å². The zero-order valence-electron chi connectivity index (χ0n) is 17.3. The van der Waals surface area contributed by atoms with Gasteiger partial charge >= 0.3 is 12.1 Å². The third kappa shape index (κ3) is 4.59. The van der Waals surface area contributed by atoms with Crippen LogP contribution >= 0.6 is 0 Å². The number of alkyl carbamates (subject to hydrolysis) is 1. The Balaban J connectivity index is 1.99. The molecule has 3 rings (SSSR count). The number of nitrogens with zero attached hydrogens (tertiary/aromatic N) is 2. The van der Waals surface area contributed by atoms with E-state index in [1.165, 1.54) is 25.3 Å². The Hall–Kier alpha value is -4.06. The number of fused-ring (bicyclic) bond motifs is 1. The van der Waals surface area contributed by atoms with Crippen LogP contribution < -0.4 is 10.1 Å². The maximum Gasteiger partial charge on any atom is 0.408 e. The van der Waals surface area contributed by atoms with Crippen molar-refractivity contribution < 1.29 is 28.6 Å². The Kier molecular flexibility index (Phi) is 6.40. The van der Waals surface area contributed by atoms with Crippen LogP contribution in [-0.2, 0) is 20.8 Å². The van der Waals surface area contributed by atoms with Gasteiger partial charge in [-0.2, -0.15) is 0 Å².